The zero-order valence-corrected chi connectivity index (χ0v) is 12.4. The molecule has 2 aromatic heterocycles. The Morgan fingerprint density at radius 1 is 1.20 bits per heavy atom. The molecule has 0 fully saturated rings. The van der Waals surface area contributed by atoms with Gasteiger partial charge in [0, 0.05) is 12.7 Å². The number of fused-ring (bicyclic) bond motifs is 1. The van der Waals surface area contributed by atoms with Crippen LogP contribution in [0.15, 0.2) is 24.5 Å². The highest BCUT2D eigenvalue weighted by Crippen LogP contribution is 2.28. The topological polar surface area (TPSA) is 61.7 Å². The standard InChI is InChI=1S/C13H13Cl2N5/c1-8-6-17-19(7-8)2-3-20-12-5-10(15)9(14)4-11(12)18-13(20)16/h4-7H,2-3H2,1H3,(H2,16,18). The molecule has 2 N–H and O–H groups in total. The summed E-state index contributed by atoms with van der Waals surface area (Å²) in [5.41, 5.74) is 8.71. The summed E-state index contributed by atoms with van der Waals surface area (Å²) in [5.74, 6) is 0.446. The Morgan fingerprint density at radius 2 is 1.95 bits per heavy atom. The van der Waals surface area contributed by atoms with Gasteiger partial charge in [0.15, 0.2) is 0 Å². The molecule has 1 aromatic carbocycles. The van der Waals surface area contributed by atoms with Crippen LogP contribution >= 0.6 is 23.2 Å². The smallest absolute Gasteiger partial charge is 0.201 e. The molecule has 0 atom stereocenters. The van der Waals surface area contributed by atoms with Gasteiger partial charge in [-0.1, -0.05) is 23.2 Å². The third-order valence-electron chi connectivity index (χ3n) is 3.13. The maximum absolute atomic E-state index is 6.06. The molecule has 0 spiro atoms. The van der Waals surface area contributed by atoms with Crippen LogP contribution in [0, 0.1) is 6.92 Å². The highest BCUT2D eigenvalue weighted by molar-refractivity contribution is 6.42. The first-order valence-corrected chi connectivity index (χ1v) is 6.90. The molecular weight excluding hydrogens is 297 g/mol. The average Bonchev–Trinajstić information content (AvgIpc) is 2.92. The normalized spacial score (nSPS) is 11.3. The first kappa shape index (κ1) is 13.3. The number of nitrogens with two attached hydrogens (primary N) is 1. The van der Waals surface area contributed by atoms with Crippen molar-refractivity contribution < 1.29 is 0 Å². The number of anilines is 1. The molecule has 104 valence electrons. The molecule has 0 aliphatic heterocycles. The number of nitrogens with zero attached hydrogens (tertiary/aromatic N) is 4. The van der Waals surface area contributed by atoms with E-state index in [1.54, 1.807) is 12.1 Å². The van der Waals surface area contributed by atoms with Crippen molar-refractivity contribution in [1.29, 1.82) is 0 Å². The summed E-state index contributed by atoms with van der Waals surface area (Å²) in [4.78, 5) is 4.30. The molecule has 0 radical (unpaired) electrons. The van der Waals surface area contributed by atoms with E-state index in [2.05, 4.69) is 10.1 Å². The molecule has 0 amide bonds. The number of nitrogen functional groups attached to an aromatic ring is 1. The number of benzene rings is 1. The van der Waals surface area contributed by atoms with Crippen molar-refractivity contribution in [3.05, 3.63) is 40.1 Å². The maximum atomic E-state index is 6.06. The van der Waals surface area contributed by atoms with Crippen molar-refractivity contribution in [2.24, 2.45) is 0 Å². The fourth-order valence-electron chi connectivity index (χ4n) is 2.17. The van der Waals surface area contributed by atoms with Gasteiger partial charge in [-0.15, -0.1) is 0 Å². The Morgan fingerprint density at radius 3 is 2.65 bits per heavy atom. The van der Waals surface area contributed by atoms with E-state index >= 15 is 0 Å². The van der Waals surface area contributed by atoms with E-state index in [9.17, 15) is 0 Å². The Kier molecular flexibility index (Phi) is 3.31. The van der Waals surface area contributed by atoms with Crippen LogP contribution in [0.1, 0.15) is 5.56 Å². The molecule has 0 unspecified atom stereocenters. The summed E-state index contributed by atoms with van der Waals surface area (Å²) < 4.78 is 3.78. The van der Waals surface area contributed by atoms with Crippen LogP contribution in [0.25, 0.3) is 11.0 Å². The lowest BCUT2D eigenvalue weighted by molar-refractivity contribution is 0.544. The van der Waals surface area contributed by atoms with Gasteiger partial charge in [0.1, 0.15) is 0 Å². The Labute approximate surface area is 125 Å². The minimum atomic E-state index is 0.446. The van der Waals surface area contributed by atoms with Gasteiger partial charge in [0.25, 0.3) is 0 Å². The second-order valence-electron chi connectivity index (χ2n) is 4.66. The molecule has 3 aromatic rings. The summed E-state index contributed by atoms with van der Waals surface area (Å²) in [7, 11) is 0. The Hall–Kier alpha value is -1.72. The molecule has 2 heterocycles. The van der Waals surface area contributed by atoms with Crippen molar-refractivity contribution in [3.8, 4) is 0 Å². The fourth-order valence-corrected chi connectivity index (χ4v) is 2.48. The highest BCUT2D eigenvalue weighted by atomic mass is 35.5. The molecule has 0 saturated carbocycles. The maximum Gasteiger partial charge on any atom is 0.201 e. The molecule has 7 heteroatoms. The van der Waals surface area contributed by atoms with E-state index in [1.165, 1.54) is 0 Å². The number of aryl methyl sites for hydroxylation is 3. The van der Waals surface area contributed by atoms with Crippen molar-refractivity contribution in [2.75, 3.05) is 5.73 Å². The number of aromatic nitrogens is 4. The molecule has 0 aliphatic carbocycles. The van der Waals surface area contributed by atoms with E-state index in [4.69, 9.17) is 28.9 Å². The van der Waals surface area contributed by atoms with Crippen LogP contribution in [-0.4, -0.2) is 19.3 Å². The SMILES string of the molecule is Cc1cnn(CCn2c(N)nc3cc(Cl)c(Cl)cc32)c1. The predicted octanol–water partition coefficient (Wildman–Crippen LogP) is 3.13. The molecule has 0 bridgehead atoms. The van der Waals surface area contributed by atoms with Crippen molar-refractivity contribution in [3.63, 3.8) is 0 Å². The summed E-state index contributed by atoms with van der Waals surface area (Å²) in [5, 5.41) is 5.23. The highest BCUT2D eigenvalue weighted by Gasteiger charge is 2.11. The lowest BCUT2D eigenvalue weighted by Crippen LogP contribution is -2.10. The van der Waals surface area contributed by atoms with E-state index < -0.39 is 0 Å². The summed E-state index contributed by atoms with van der Waals surface area (Å²) in [6, 6.07) is 3.51. The van der Waals surface area contributed by atoms with Crippen LogP contribution in [0.5, 0.6) is 0 Å². The van der Waals surface area contributed by atoms with Gasteiger partial charge in [0.05, 0.1) is 33.8 Å². The zero-order valence-electron chi connectivity index (χ0n) is 10.8. The summed E-state index contributed by atoms with van der Waals surface area (Å²) in [6.45, 7) is 3.39. The van der Waals surface area contributed by atoms with Crippen molar-refractivity contribution in [2.45, 2.75) is 20.0 Å². The third-order valence-corrected chi connectivity index (χ3v) is 3.86. The number of rotatable bonds is 3. The molecule has 20 heavy (non-hydrogen) atoms. The zero-order chi connectivity index (χ0) is 14.3. The third kappa shape index (κ3) is 2.34. The van der Waals surface area contributed by atoms with Crippen LogP contribution in [0.4, 0.5) is 5.95 Å². The molecule has 3 rings (SSSR count). The summed E-state index contributed by atoms with van der Waals surface area (Å²) in [6.07, 6.45) is 3.81. The Bertz CT molecular complexity index is 775. The van der Waals surface area contributed by atoms with Crippen LogP contribution in [0.2, 0.25) is 10.0 Å². The van der Waals surface area contributed by atoms with E-state index in [-0.39, 0.29) is 0 Å². The largest absolute Gasteiger partial charge is 0.369 e. The molecule has 0 saturated heterocycles. The van der Waals surface area contributed by atoms with E-state index in [1.807, 2.05) is 28.6 Å². The van der Waals surface area contributed by atoms with Gasteiger partial charge in [0.2, 0.25) is 5.95 Å². The van der Waals surface area contributed by atoms with Gasteiger partial charge in [-0.05, 0) is 24.6 Å². The second kappa shape index (κ2) is 5.00. The predicted molar refractivity (Wildman–Crippen MR) is 81.1 cm³/mol. The van der Waals surface area contributed by atoms with E-state index in [0.717, 1.165) is 16.6 Å². The minimum absolute atomic E-state index is 0.446. The summed E-state index contributed by atoms with van der Waals surface area (Å²) >= 11 is 12.0. The quantitative estimate of drug-likeness (QED) is 0.808. The lowest BCUT2D eigenvalue weighted by Gasteiger charge is -2.07. The monoisotopic (exact) mass is 309 g/mol. The van der Waals surface area contributed by atoms with Crippen molar-refractivity contribution in [1.82, 2.24) is 19.3 Å². The number of hydrogen-bond donors (Lipinski definition) is 1. The van der Waals surface area contributed by atoms with Gasteiger partial charge in [-0.2, -0.15) is 5.10 Å². The number of imidazole rings is 1. The van der Waals surface area contributed by atoms with Crippen molar-refractivity contribution >= 4 is 40.2 Å². The first-order valence-electron chi connectivity index (χ1n) is 6.14. The minimum Gasteiger partial charge on any atom is -0.369 e. The fraction of sp³-hybridized carbons (Fsp3) is 0.231. The van der Waals surface area contributed by atoms with Crippen LogP contribution in [0.3, 0.4) is 0 Å². The molecule has 5 nitrogen and oxygen atoms in total. The Balaban J connectivity index is 1.94. The molecule has 0 aliphatic rings. The van der Waals surface area contributed by atoms with Gasteiger partial charge < -0.3 is 10.3 Å². The molecular formula is C13H13Cl2N5. The first-order chi connectivity index (χ1) is 9.54. The van der Waals surface area contributed by atoms with Gasteiger partial charge >= 0.3 is 0 Å². The van der Waals surface area contributed by atoms with Crippen LogP contribution in [-0.2, 0) is 13.1 Å². The number of halogens is 2. The second-order valence-corrected chi connectivity index (χ2v) is 5.47. The van der Waals surface area contributed by atoms with Gasteiger partial charge in [-0.25, -0.2) is 4.98 Å². The number of hydrogen-bond acceptors (Lipinski definition) is 3. The lowest BCUT2D eigenvalue weighted by atomic mass is 10.3. The average molecular weight is 310 g/mol. The van der Waals surface area contributed by atoms with Crippen LogP contribution < -0.4 is 5.73 Å². The van der Waals surface area contributed by atoms with Gasteiger partial charge in [-0.3, -0.25) is 4.68 Å². The van der Waals surface area contributed by atoms with E-state index in [0.29, 0.717) is 29.1 Å².